The minimum Gasteiger partial charge on any atom is -0.492 e. The van der Waals surface area contributed by atoms with Gasteiger partial charge in [0.1, 0.15) is 30.5 Å². The highest BCUT2D eigenvalue weighted by Gasteiger charge is 2.19. The lowest BCUT2D eigenvalue weighted by Gasteiger charge is -2.18. The number of hydrogen-bond donors (Lipinski definition) is 2. The maximum Gasteiger partial charge on any atom is 0.248 e. The Kier molecular flexibility index (Phi) is 9.96. The second-order valence-corrected chi connectivity index (χ2v) is 10.0. The number of anilines is 3. The molecule has 2 aromatic carbocycles. The summed E-state index contributed by atoms with van der Waals surface area (Å²) in [6.07, 6.45) is 5.39. The molecule has 4 rings (SSSR count). The summed E-state index contributed by atoms with van der Waals surface area (Å²) in [5.41, 5.74) is 3.30. The van der Waals surface area contributed by atoms with E-state index in [4.69, 9.17) is 26.1 Å². The van der Waals surface area contributed by atoms with Gasteiger partial charge < -0.3 is 25.0 Å². The van der Waals surface area contributed by atoms with Gasteiger partial charge in [0.15, 0.2) is 5.82 Å². The third-order valence-corrected chi connectivity index (χ3v) is 6.41. The summed E-state index contributed by atoms with van der Waals surface area (Å²) in [6, 6.07) is 11.1. The number of ether oxygens (including phenoxy) is 2. The SMILES string of the molecule is CCOc1cc2nc(CC)c(C#N)c(Nc3ccc(OCc4ncn(C)n4)c(Cl)c3)c2cc1NC(=O)/C=C/CN(C)C. The van der Waals surface area contributed by atoms with Crippen LogP contribution in [-0.4, -0.2) is 57.8 Å². The van der Waals surface area contributed by atoms with Crippen molar-refractivity contribution in [1.82, 2.24) is 24.6 Å². The van der Waals surface area contributed by atoms with Crippen molar-refractivity contribution in [3.63, 3.8) is 0 Å². The molecule has 0 aliphatic heterocycles. The number of pyridine rings is 1. The number of rotatable bonds is 12. The first kappa shape index (κ1) is 30.3. The average molecular weight is 589 g/mol. The van der Waals surface area contributed by atoms with Crippen molar-refractivity contribution in [2.45, 2.75) is 26.9 Å². The van der Waals surface area contributed by atoms with E-state index >= 15 is 0 Å². The van der Waals surface area contributed by atoms with Crippen LogP contribution in [0.5, 0.6) is 11.5 Å². The van der Waals surface area contributed by atoms with Crippen LogP contribution in [0.3, 0.4) is 0 Å². The van der Waals surface area contributed by atoms with Crippen molar-refractivity contribution < 1.29 is 14.3 Å². The van der Waals surface area contributed by atoms with E-state index < -0.39 is 0 Å². The zero-order chi connectivity index (χ0) is 30.2. The molecule has 0 saturated carbocycles. The third kappa shape index (κ3) is 7.34. The monoisotopic (exact) mass is 588 g/mol. The number of fused-ring (bicyclic) bond motifs is 1. The second-order valence-electron chi connectivity index (χ2n) is 9.62. The average Bonchev–Trinajstić information content (AvgIpc) is 3.37. The summed E-state index contributed by atoms with van der Waals surface area (Å²) >= 11 is 6.55. The van der Waals surface area contributed by atoms with Crippen LogP contribution in [0, 0.1) is 11.3 Å². The maximum atomic E-state index is 12.7. The van der Waals surface area contributed by atoms with Crippen molar-refractivity contribution in [1.29, 1.82) is 5.26 Å². The number of likely N-dealkylation sites (N-methyl/N-ethyl adjacent to an activating group) is 1. The Labute approximate surface area is 249 Å². The summed E-state index contributed by atoms with van der Waals surface area (Å²) in [4.78, 5) is 23.6. The highest BCUT2D eigenvalue weighted by Crippen LogP contribution is 2.38. The van der Waals surface area contributed by atoms with Gasteiger partial charge >= 0.3 is 0 Å². The Balaban J connectivity index is 1.71. The molecule has 4 aromatic rings. The number of benzene rings is 2. The van der Waals surface area contributed by atoms with Gasteiger partial charge in [0, 0.05) is 36.8 Å². The molecule has 11 nitrogen and oxygen atoms in total. The van der Waals surface area contributed by atoms with Gasteiger partial charge in [-0.15, -0.1) is 0 Å². The largest absolute Gasteiger partial charge is 0.492 e. The zero-order valence-corrected chi connectivity index (χ0v) is 25.0. The minimum absolute atomic E-state index is 0.168. The fraction of sp³-hybridized carbons (Fsp3) is 0.300. The van der Waals surface area contributed by atoms with Crippen molar-refractivity contribution in [2.75, 3.05) is 37.9 Å². The highest BCUT2D eigenvalue weighted by molar-refractivity contribution is 6.32. The number of carbonyl (C=O) groups is 1. The smallest absolute Gasteiger partial charge is 0.248 e. The lowest BCUT2D eigenvalue weighted by atomic mass is 10.0. The van der Waals surface area contributed by atoms with Crippen molar-refractivity contribution >= 4 is 45.5 Å². The first-order chi connectivity index (χ1) is 20.2. The van der Waals surface area contributed by atoms with Crippen LogP contribution in [0.2, 0.25) is 5.02 Å². The van der Waals surface area contributed by atoms with Gasteiger partial charge in [-0.3, -0.25) is 14.5 Å². The van der Waals surface area contributed by atoms with Gasteiger partial charge in [0.25, 0.3) is 0 Å². The summed E-state index contributed by atoms with van der Waals surface area (Å²) in [5.74, 6) is 1.19. The Hall–Kier alpha value is -4.66. The molecule has 2 heterocycles. The van der Waals surface area contributed by atoms with Crippen LogP contribution >= 0.6 is 11.6 Å². The fourth-order valence-electron chi connectivity index (χ4n) is 4.20. The number of hydrogen-bond acceptors (Lipinski definition) is 9. The van der Waals surface area contributed by atoms with E-state index in [0.29, 0.717) is 81.1 Å². The van der Waals surface area contributed by atoms with Crippen molar-refractivity contribution in [3.05, 3.63) is 70.9 Å². The van der Waals surface area contributed by atoms with Gasteiger partial charge in [-0.25, -0.2) is 4.98 Å². The fourth-order valence-corrected chi connectivity index (χ4v) is 4.43. The highest BCUT2D eigenvalue weighted by atomic mass is 35.5. The molecule has 218 valence electrons. The number of halogens is 1. The molecular weight excluding hydrogens is 556 g/mol. The molecule has 42 heavy (non-hydrogen) atoms. The molecule has 0 bridgehead atoms. The van der Waals surface area contributed by atoms with E-state index in [-0.39, 0.29) is 12.5 Å². The minimum atomic E-state index is -0.298. The van der Waals surface area contributed by atoms with E-state index in [2.05, 4.69) is 26.8 Å². The van der Waals surface area contributed by atoms with E-state index in [1.54, 1.807) is 54.5 Å². The lowest BCUT2D eigenvalue weighted by molar-refractivity contribution is -0.111. The van der Waals surface area contributed by atoms with Crippen LogP contribution < -0.4 is 20.1 Å². The van der Waals surface area contributed by atoms with Gasteiger partial charge in [-0.1, -0.05) is 24.6 Å². The summed E-state index contributed by atoms with van der Waals surface area (Å²) < 4.78 is 13.2. The van der Waals surface area contributed by atoms with Crippen LogP contribution in [-0.2, 0) is 24.9 Å². The van der Waals surface area contributed by atoms with Crippen LogP contribution in [0.4, 0.5) is 17.1 Å². The molecule has 0 spiro atoms. The zero-order valence-electron chi connectivity index (χ0n) is 24.2. The predicted molar refractivity (Wildman–Crippen MR) is 163 cm³/mol. The maximum absolute atomic E-state index is 12.7. The number of aryl methyl sites for hydroxylation is 2. The van der Waals surface area contributed by atoms with Gasteiger partial charge in [0.2, 0.25) is 5.91 Å². The Morgan fingerprint density at radius 2 is 2.00 bits per heavy atom. The third-order valence-electron chi connectivity index (χ3n) is 6.11. The molecule has 0 aliphatic carbocycles. The molecule has 0 fully saturated rings. The quantitative estimate of drug-likeness (QED) is 0.214. The Morgan fingerprint density at radius 3 is 2.64 bits per heavy atom. The number of aromatic nitrogens is 4. The number of carbonyl (C=O) groups excluding carboxylic acids is 1. The summed E-state index contributed by atoms with van der Waals surface area (Å²) in [5, 5.41) is 21.6. The lowest BCUT2D eigenvalue weighted by Crippen LogP contribution is -2.13. The number of nitrogens with zero attached hydrogens (tertiary/aromatic N) is 6. The van der Waals surface area contributed by atoms with Crippen molar-refractivity contribution in [3.8, 4) is 17.6 Å². The molecule has 1 amide bonds. The molecule has 0 aliphatic rings. The standard InChI is InChI=1S/C30H33ClN8O3/c1-6-23-21(16-32)30(34-19-10-11-26(22(31)13-19)42-17-28-33-18-39(5)37-28)20-14-25(27(41-7-2)15-24(20)35-23)36-29(40)9-8-12-38(3)4/h8-11,13-15,18H,6-7,12,17H2,1-5H3,(H,34,35)(H,36,40)/b9-8+. The topological polar surface area (TPSA) is 130 Å². The van der Waals surface area contributed by atoms with E-state index in [1.807, 2.05) is 32.8 Å². The number of amides is 1. The number of nitrogens with one attached hydrogen (secondary N) is 2. The first-order valence-corrected chi connectivity index (χ1v) is 13.8. The molecule has 2 N–H and O–H groups in total. The molecule has 12 heteroatoms. The predicted octanol–water partition coefficient (Wildman–Crippen LogP) is 5.23. The van der Waals surface area contributed by atoms with E-state index in [1.165, 1.54) is 6.08 Å². The number of nitriles is 1. The molecule has 2 aromatic heterocycles. The summed E-state index contributed by atoms with van der Waals surface area (Å²) in [7, 11) is 5.63. The molecule has 0 unspecified atom stereocenters. The van der Waals surface area contributed by atoms with Gasteiger partial charge in [-0.2, -0.15) is 10.4 Å². The molecule has 0 saturated heterocycles. The van der Waals surface area contributed by atoms with E-state index in [9.17, 15) is 10.1 Å². The van der Waals surface area contributed by atoms with Crippen molar-refractivity contribution in [2.24, 2.45) is 7.05 Å². The second kappa shape index (κ2) is 13.8. The molecule has 0 atom stereocenters. The van der Waals surface area contributed by atoms with Gasteiger partial charge in [0.05, 0.1) is 39.8 Å². The Bertz CT molecular complexity index is 1660. The Morgan fingerprint density at radius 1 is 1.19 bits per heavy atom. The molecular formula is C30H33ClN8O3. The molecule has 0 radical (unpaired) electrons. The summed E-state index contributed by atoms with van der Waals surface area (Å²) in [6.45, 7) is 5.00. The normalized spacial score (nSPS) is 11.2. The van der Waals surface area contributed by atoms with E-state index in [0.717, 1.165) is 0 Å². The van der Waals surface area contributed by atoms with Crippen LogP contribution in [0.1, 0.15) is 30.9 Å². The van der Waals surface area contributed by atoms with Crippen LogP contribution in [0.15, 0.2) is 48.8 Å². The first-order valence-electron chi connectivity index (χ1n) is 13.4. The van der Waals surface area contributed by atoms with Gasteiger partial charge in [-0.05, 0) is 51.7 Å². The van der Waals surface area contributed by atoms with Crippen LogP contribution in [0.25, 0.3) is 10.9 Å².